The molecule has 0 saturated carbocycles. The van der Waals surface area contributed by atoms with Gasteiger partial charge in [-0.1, -0.05) is 60.7 Å². The first-order chi connectivity index (χ1) is 17.9. The highest BCUT2D eigenvalue weighted by Crippen LogP contribution is 2.44. The number of rotatable bonds is 6. The number of aliphatic hydroxyl groups excluding tert-OH is 1. The minimum Gasteiger partial charge on any atom is -0.392 e. The average Bonchev–Trinajstić information content (AvgIpc) is 2.88. The Hall–Kier alpha value is -3.86. The monoisotopic (exact) mass is 536 g/mol. The number of carbonyl (C=O) groups excluding carboxylic acids is 2. The number of amides is 2. The third-order valence-corrected chi connectivity index (χ3v) is 6.35. The quantitative estimate of drug-likeness (QED) is 0.417. The second-order valence-electron chi connectivity index (χ2n) is 8.83. The van der Waals surface area contributed by atoms with Crippen molar-refractivity contribution in [3.05, 3.63) is 106 Å². The van der Waals surface area contributed by atoms with Gasteiger partial charge in [0.05, 0.1) is 24.1 Å². The number of hydrogen-bond donors (Lipinski definition) is 2. The Morgan fingerprint density at radius 3 is 2.16 bits per heavy atom. The molecule has 2 N–H and O–H groups in total. The molecule has 1 aliphatic rings. The molecule has 1 aliphatic heterocycles. The van der Waals surface area contributed by atoms with Crippen molar-refractivity contribution in [2.75, 3.05) is 6.54 Å². The molecule has 0 bridgehead atoms. The van der Waals surface area contributed by atoms with Crippen molar-refractivity contribution < 1.29 is 41.0 Å². The van der Waals surface area contributed by atoms with E-state index in [9.17, 15) is 41.0 Å². The lowest BCUT2D eigenvalue weighted by atomic mass is 9.78. The topological polar surface area (TPSA) is 69.6 Å². The molecule has 0 aromatic heterocycles. The molecule has 0 radical (unpaired) electrons. The van der Waals surface area contributed by atoms with E-state index in [1.165, 1.54) is 66.7 Å². The van der Waals surface area contributed by atoms with E-state index in [2.05, 4.69) is 0 Å². The molecule has 1 heterocycles. The van der Waals surface area contributed by atoms with Crippen LogP contribution in [0.2, 0.25) is 0 Å². The SMILES string of the molecule is O=C(NCC(F)(F)F)[C@@H]1c2ccccc2C(=O)N(Cc2ccccc2C(F)(F)F)[C@H]1c1ccc(CO)cc1. The van der Waals surface area contributed by atoms with Crippen LogP contribution in [0.4, 0.5) is 26.3 Å². The molecule has 5 nitrogen and oxygen atoms in total. The van der Waals surface area contributed by atoms with Crippen LogP contribution in [0.5, 0.6) is 0 Å². The highest BCUT2D eigenvalue weighted by molar-refractivity contribution is 6.01. The zero-order chi connectivity index (χ0) is 27.7. The van der Waals surface area contributed by atoms with Crippen LogP contribution in [0.3, 0.4) is 0 Å². The number of benzene rings is 3. The van der Waals surface area contributed by atoms with E-state index in [0.717, 1.165) is 11.0 Å². The Morgan fingerprint density at radius 2 is 1.53 bits per heavy atom. The summed E-state index contributed by atoms with van der Waals surface area (Å²) in [5, 5.41) is 11.3. The fourth-order valence-corrected chi connectivity index (χ4v) is 4.66. The predicted octanol–water partition coefficient (Wildman–Crippen LogP) is 5.36. The second kappa shape index (κ2) is 10.5. The molecule has 11 heteroatoms. The van der Waals surface area contributed by atoms with Crippen LogP contribution < -0.4 is 5.32 Å². The molecular weight excluding hydrogens is 514 g/mol. The van der Waals surface area contributed by atoms with Gasteiger partial charge in [0.25, 0.3) is 5.91 Å². The van der Waals surface area contributed by atoms with Gasteiger partial charge in [-0.15, -0.1) is 0 Å². The highest BCUT2D eigenvalue weighted by Gasteiger charge is 2.45. The molecule has 38 heavy (non-hydrogen) atoms. The Balaban J connectivity index is 1.88. The standard InChI is InChI=1S/C27H22F6N2O3/c28-26(29,30)15-34-24(37)22-19-6-2-3-7-20(19)25(38)35(23(22)17-11-9-16(14-36)10-12-17)13-18-5-1-4-8-21(18)27(31,32)33/h1-12,22-23,36H,13-15H2,(H,34,37)/t22-,23+/m1/s1. The van der Waals surface area contributed by atoms with Gasteiger partial charge in [0.15, 0.2) is 0 Å². The summed E-state index contributed by atoms with van der Waals surface area (Å²) in [6.07, 6.45) is -9.43. The molecule has 2 atom stereocenters. The maximum absolute atomic E-state index is 13.8. The molecule has 4 rings (SSSR count). The Kier molecular flexibility index (Phi) is 7.50. The number of carbonyl (C=O) groups is 2. The number of nitrogens with zero attached hydrogens (tertiary/aromatic N) is 1. The van der Waals surface area contributed by atoms with Crippen molar-refractivity contribution in [2.24, 2.45) is 0 Å². The molecule has 3 aromatic rings. The smallest absolute Gasteiger partial charge is 0.392 e. The summed E-state index contributed by atoms with van der Waals surface area (Å²) in [6.45, 7) is -2.49. The van der Waals surface area contributed by atoms with Gasteiger partial charge in [0.1, 0.15) is 6.54 Å². The molecule has 3 aromatic carbocycles. The Labute approximate surface area is 213 Å². The van der Waals surface area contributed by atoms with Crippen molar-refractivity contribution in [2.45, 2.75) is 37.5 Å². The second-order valence-corrected chi connectivity index (χ2v) is 8.83. The van der Waals surface area contributed by atoms with E-state index in [-0.39, 0.29) is 23.3 Å². The molecule has 0 fully saturated rings. The zero-order valence-corrected chi connectivity index (χ0v) is 19.7. The lowest BCUT2D eigenvalue weighted by Gasteiger charge is -2.42. The van der Waals surface area contributed by atoms with E-state index < -0.39 is 54.8 Å². The van der Waals surface area contributed by atoms with Crippen LogP contribution in [0.1, 0.15) is 50.1 Å². The molecule has 0 saturated heterocycles. The maximum Gasteiger partial charge on any atom is 0.416 e. The van der Waals surface area contributed by atoms with Gasteiger partial charge < -0.3 is 15.3 Å². The van der Waals surface area contributed by atoms with E-state index in [1.54, 1.807) is 0 Å². The first-order valence-electron chi connectivity index (χ1n) is 11.5. The van der Waals surface area contributed by atoms with E-state index >= 15 is 0 Å². The lowest BCUT2D eigenvalue weighted by molar-refractivity contribution is -0.140. The number of halogens is 6. The molecule has 0 aliphatic carbocycles. The van der Waals surface area contributed by atoms with Crippen LogP contribution in [0.25, 0.3) is 0 Å². The van der Waals surface area contributed by atoms with Crippen molar-refractivity contribution >= 4 is 11.8 Å². The van der Waals surface area contributed by atoms with Gasteiger partial charge in [-0.3, -0.25) is 9.59 Å². The van der Waals surface area contributed by atoms with Crippen molar-refractivity contribution in [1.29, 1.82) is 0 Å². The minimum atomic E-state index is -4.73. The number of hydrogen-bond acceptors (Lipinski definition) is 3. The maximum atomic E-state index is 13.8. The van der Waals surface area contributed by atoms with Crippen LogP contribution in [-0.4, -0.2) is 34.5 Å². The summed E-state index contributed by atoms with van der Waals surface area (Å²) in [4.78, 5) is 28.0. The lowest BCUT2D eigenvalue weighted by Crippen LogP contribution is -2.48. The number of nitrogens with one attached hydrogen (secondary N) is 1. The van der Waals surface area contributed by atoms with Crippen molar-refractivity contribution in [3.8, 4) is 0 Å². The fraction of sp³-hybridized carbons (Fsp3) is 0.259. The van der Waals surface area contributed by atoms with Crippen molar-refractivity contribution in [3.63, 3.8) is 0 Å². The van der Waals surface area contributed by atoms with Crippen LogP contribution in [0.15, 0.2) is 72.8 Å². The third kappa shape index (κ3) is 5.67. The molecule has 0 unspecified atom stereocenters. The summed E-state index contributed by atoms with van der Waals surface area (Å²) in [5.41, 5.74) is -0.246. The number of alkyl halides is 6. The van der Waals surface area contributed by atoms with Gasteiger partial charge in [0, 0.05) is 12.1 Å². The summed E-state index contributed by atoms with van der Waals surface area (Å²) < 4.78 is 80.2. The summed E-state index contributed by atoms with van der Waals surface area (Å²) in [5.74, 6) is -3.06. The van der Waals surface area contributed by atoms with Crippen LogP contribution >= 0.6 is 0 Å². The molecular formula is C27H22F6N2O3. The summed E-state index contributed by atoms with van der Waals surface area (Å²) in [6, 6.07) is 15.3. The van der Waals surface area contributed by atoms with Gasteiger partial charge in [0.2, 0.25) is 5.91 Å². The highest BCUT2D eigenvalue weighted by atomic mass is 19.4. The number of aliphatic hydroxyl groups is 1. The normalized spacial score (nSPS) is 17.8. The first-order valence-corrected chi connectivity index (χ1v) is 11.5. The van der Waals surface area contributed by atoms with Gasteiger partial charge in [-0.05, 0) is 34.4 Å². The number of fused-ring (bicyclic) bond motifs is 1. The molecule has 0 spiro atoms. The average molecular weight is 536 g/mol. The van der Waals surface area contributed by atoms with Crippen molar-refractivity contribution in [1.82, 2.24) is 10.2 Å². The van der Waals surface area contributed by atoms with Crippen LogP contribution in [0, 0.1) is 0 Å². The third-order valence-electron chi connectivity index (χ3n) is 6.35. The summed E-state index contributed by atoms with van der Waals surface area (Å²) >= 11 is 0. The summed E-state index contributed by atoms with van der Waals surface area (Å²) in [7, 11) is 0. The predicted molar refractivity (Wildman–Crippen MR) is 125 cm³/mol. The van der Waals surface area contributed by atoms with Gasteiger partial charge >= 0.3 is 12.4 Å². The van der Waals surface area contributed by atoms with E-state index in [1.807, 2.05) is 5.32 Å². The van der Waals surface area contributed by atoms with Gasteiger partial charge in [-0.2, -0.15) is 26.3 Å². The first kappa shape index (κ1) is 27.2. The Bertz CT molecular complexity index is 1320. The van der Waals surface area contributed by atoms with E-state index in [0.29, 0.717) is 11.1 Å². The Morgan fingerprint density at radius 1 is 0.895 bits per heavy atom. The van der Waals surface area contributed by atoms with E-state index in [4.69, 9.17) is 0 Å². The fourth-order valence-electron chi connectivity index (χ4n) is 4.66. The minimum absolute atomic E-state index is 0.00683. The molecule has 200 valence electrons. The van der Waals surface area contributed by atoms with Crippen LogP contribution in [-0.2, 0) is 24.1 Å². The largest absolute Gasteiger partial charge is 0.416 e. The van der Waals surface area contributed by atoms with Gasteiger partial charge in [-0.25, -0.2) is 0 Å². The molecule has 2 amide bonds. The zero-order valence-electron chi connectivity index (χ0n) is 19.7.